The van der Waals surface area contributed by atoms with E-state index in [2.05, 4.69) is 4.90 Å². The summed E-state index contributed by atoms with van der Waals surface area (Å²) in [5, 5.41) is 19.0. The van der Waals surface area contributed by atoms with Gasteiger partial charge in [0, 0.05) is 19.6 Å². The summed E-state index contributed by atoms with van der Waals surface area (Å²) in [6, 6.07) is 7.23. The van der Waals surface area contributed by atoms with Crippen LogP contribution in [0, 0.1) is 0 Å². The summed E-state index contributed by atoms with van der Waals surface area (Å²) >= 11 is 0. The molecule has 0 bridgehead atoms. The molecule has 0 saturated carbocycles. The lowest BCUT2D eigenvalue weighted by Gasteiger charge is -2.18. The number of aliphatic hydroxyl groups is 1. The molecule has 0 amide bonds. The molecule has 15 heavy (non-hydrogen) atoms. The highest BCUT2D eigenvalue weighted by Crippen LogP contribution is 2.22. The molecule has 1 unspecified atom stereocenters. The van der Waals surface area contributed by atoms with Crippen LogP contribution in [0.15, 0.2) is 24.3 Å². The summed E-state index contributed by atoms with van der Waals surface area (Å²) in [6.45, 7) is 4.39. The maximum absolute atomic E-state index is 9.81. The first kappa shape index (κ1) is 10.5. The van der Waals surface area contributed by atoms with Crippen LogP contribution in [0.5, 0.6) is 5.75 Å². The molecule has 1 aliphatic rings. The molecule has 1 aliphatic heterocycles. The average Bonchev–Trinajstić information content (AvgIpc) is 2.50. The molecule has 1 atom stereocenters. The molecule has 3 heteroatoms. The van der Waals surface area contributed by atoms with E-state index in [0.29, 0.717) is 5.75 Å². The van der Waals surface area contributed by atoms with Gasteiger partial charge in [0.25, 0.3) is 0 Å². The standard InChI is InChI=1S/C12H17NO2/c1-12(15)6-7-13(9-12)8-10-2-4-11(14)5-3-10/h2-5,14-15H,6-9H2,1H3. The Balaban J connectivity index is 1.96. The fourth-order valence-corrected chi connectivity index (χ4v) is 2.03. The second-order valence-corrected chi connectivity index (χ2v) is 4.62. The highest BCUT2D eigenvalue weighted by atomic mass is 16.3. The molecule has 0 aliphatic carbocycles. The van der Waals surface area contributed by atoms with Gasteiger partial charge in [0.15, 0.2) is 0 Å². The first-order valence-electron chi connectivity index (χ1n) is 5.28. The number of hydrogen-bond donors (Lipinski definition) is 2. The summed E-state index contributed by atoms with van der Waals surface area (Å²) in [6.07, 6.45) is 0.838. The Labute approximate surface area is 90.0 Å². The van der Waals surface area contributed by atoms with E-state index in [1.807, 2.05) is 19.1 Å². The van der Waals surface area contributed by atoms with Crippen molar-refractivity contribution in [3.63, 3.8) is 0 Å². The molecular weight excluding hydrogens is 190 g/mol. The minimum absolute atomic E-state index is 0.298. The van der Waals surface area contributed by atoms with Crippen molar-refractivity contribution in [1.29, 1.82) is 0 Å². The fourth-order valence-electron chi connectivity index (χ4n) is 2.03. The lowest BCUT2D eigenvalue weighted by molar-refractivity contribution is 0.0679. The molecule has 0 aromatic heterocycles. The van der Waals surface area contributed by atoms with Crippen LogP contribution >= 0.6 is 0 Å². The van der Waals surface area contributed by atoms with E-state index in [1.165, 1.54) is 5.56 Å². The van der Waals surface area contributed by atoms with Crippen molar-refractivity contribution >= 4 is 0 Å². The highest BCUT2D eigenvalue weighted by Gasteiger charge is 2.30. The van der Waals surface area contributed by atoms with E-state index in [4.69, 9.17) is 5.11 Å². The number of β-amino-alcohol motifs (C(OH)–C–C–N with tert-alkyl or cyclic N) is 1. The molecule has 0 radical (unpaired) electrons. The molecule has 2 N–H and O–H groups in total. The Bertz CT molecular complexity index is 332. The quantitative estimate of drug-likeness (QED) is 0.769. The van der Waals surface area contributed by atoms with Crippen molar-refractivity contribution in [3.05, 3.63) is 29.8 Å². The third-order valence-corrected chi connectivity index (χ3v) is 2.87. The zero-order valence-electron chi connectivity index (χ0n) is 8.98. The Morgan fingerprint density at radius 1 is 1.33 bits per heavy atom. The maximum atomic E-state index is 9.81. The van der Waals surface area contributed by atoms with Gasteiger partial charge in [0.1, 0.15) is 5.75 Å². The minimum Gasteiger partial charge on any atom is -0.508 e. The van der Waals surface area contributed by atoms with Gasteiger partial charge >= 0.3 is 0 Å². The van der Waals surface area contributed by atoms with Crippen molar-refractivity contribution in [2.75, 3.05) is 13.1 Å². The molecular formula is C12H17NO2. The zero-order chi connectivity index (χ0) is 10.9. The molecule has 1 aromatic carbocycles. The number of benzene rings is 1. The van der Waals surface area contributed by atoms with Crippen molar-refractivity contribution in [2.24, 2.45) is 0 Å². The van der Waals surface area contributed by atoms with E-state index >= 15 is 0 Å². The first-order chi connectivity index (χ1) is 7.05. The normalized spacial score (nSPS) is 27.1. The van der Waals surface area contributed by atoms with Crippen LogP contribution in [0.2, 0.25) is 0 Å². The number of rotatable bonds is 2. The number of nitrogens with zero attached hydrogens (tertiary/aromatic N) is 1. The van der Waals surface area contributed by atoms with Crippen molar-refractivity contribution < 1.29 is 10.2 Å². The number of likely N-dealkylation sites (tertiary alicyclic amines) is 1. The van der Waals surface area contributed by atoms with E-state index in [9.17, 15) is 5.11 Å². The number of hydrogen-bond acceptors (Lipinski definition) is 3. The third-order valence-electron chi connectivity index (χ3n) is 2.87. The molecule has 2 rings (SSSR count). The van der Waals surface area contributed by atoms with Gasteiger partial charge in [0.05, 0.1) is 5.60 Å². The molecule has 1 aromatic rings. The summed E-state index contributed by atoms with van der Waals surface area (Å²) < 4.78 is 0. The monoisotopic (exact) mass is 207 g/mol. The molecule has 1 fully saturated rings. The van der Waals surface area contributed by atoms with Gasteiger partial charge in [-0.05, 0) is 31.0 Å². The molecule has 1 heterocycles. The van der Waals surface area contributed by atoms with Gasteiger partial charge in [-0.3, -0.25) is 4.90 Å². The van der Waals surface area contributed by atoms with E-state index in [0.717, 1.165) is 26.1 Å². The van der Waals surface area contributed by atoms with Crippen molar-refractivity contribution in [3.8, 4) is 5.75 Å². The van der Waals surface area contributed by atoms with Crippen LogP contribution in [0.25, 0.3) is 0 Å². The van der Waals surface area contributed by atoms with E-state index in [1.54, 1.807) is 12.1 Å². The fraction of sp³-hybridized carbons (Fsp3) is 0.500. The third kappa shape index (κ3) is 2.70. The SMILES string of the molecule is CC1(O)CCN(Cc2ccc(O)cc2)C1. The number of phenolic OH excluding ortho intramolecular Hbond substituents is 1. The molecule has 82 valence electrons. The minimum atomic E-state index is -0.531. The van der Waals surface area contributed by atoms with Crippen LogP contribution < -0.4 is 0 Å². The summed E-state index contributed by atoms with van der Waals surface area (Å²) in [7, 11) is 0. The van der Waals surface area contributed by atoms with Crippen LogP contribution in [0.1, 0.15) is 18.9 Å². The van der Waals surface area contributed by atoms with Gasteiger partial charge in [-0.15, -0.1) is 0 Å². The predicted octanol–water partition coefficient (Wildman–Crippen LogP) is 1.35. The summed E-state index contributed by atoms with van der Waals surface area (Å²) in [5.74, 6) is 0.298. The lowest BCUT2D eigenvalue weighted by Crippen LogP contribution is -2.29. The van der Waals surface area contributed by atoms with Gasteiger partial charge in [-0.1, -0.05) is 12.1 Å². The first-order valence-corrected chi connectivity index (χ1v) is 5.28. The van der Waals surface area contributed by atoms with Crippen LogP contribution in [0.3, 0.4) is 0 Å². The van der Waals surface area contributed by atoms with Crippen LogP contribution in [-0.2, 0) is 6.54 Å². The van der Waals surface area contributed by atoms with Gasteiger partial charge in [-0.25, -0.2) is 0 Å². The van der Waals surface area contributed by atoms with Crippen LogP contribution in [-0.4, -0.2) is 33.8 Å². The number of phenols is 1. The smallest absolute Gasteiger partial charge is 0.115 e. The second-order valence-electron chi connectivity index (χ2n) is 4.62. The van der Waals surface area contributed by atoms with E-state index in [-0.39, 0.29) is 0 Å². The highest BCUT2D eigenvalue weighted by molar-refractivity contribution is 5.25. The van der Waals surface area contributed by atoms with Crippen molar-refractivity contribution in [1.82, 2.24) is 4.90 Å². The van der Waals surface area contributed by atoms with E-state index < -0.39 is 5.60 Å². The topological polar surface area (TPSA) is 43.7 Å². The average molecular weight is 207 g/mol. The van der Waals surface area contributed by atoms with Gasteiger partial charge in [0.2, 0.25) is 0 Å². The van der Waals surface area contributed by atoms with Gasteiger partial charge < -0.3 is 10.2 Å². The zero-order valence-corrected chi connectivity index (χ0v) is 8.98. The summed E-state index contributed by atoms with van der Waals surface area (Å²) in [4.78, 5) is 2.23. The van der Waals surface area contributed by atoms with Crippen molar-refractivity contribution in [2.45, 2.75) is 25.5 Å². The van der Waals surface area contributed by atoms with Crippen LogP contribution in [0.4, 0.5) is 0 Å². The second kappa shape index (κ2) is 3.83. The Kier molecular flexibility index (Phi) is 2.67. The lowest BCUT2D eigenvalue weighted by atomic mass is 10.1. The Hall–Kier alpha value is -1.06. The van der Waals surface area contributed by atoms with Gasteiger partial charge in [-0.2, -0.15) is 0 Å². The maximum Gasteiger partial charge on any atom is 0.115 e. The molecule has 1 saturated heterocycles. The summed E-state index contributed by atoms with van der Waals surface area (Å²) in [5.41, 5.74) is 0.641. The number of aromatic hydroxyl groups is 1. The molecule has 3 nitrogen and oxygen atoms in total. The largest absolute Gasteiger partial charge is 0.508 e. The Morgan fingerprint density at radius 2 is 2.00 bits per heavy atom. The molecule has 0 spiro atoms. The Morgan fingerprint density at radius 3 is 2.53 bits per heavy atom. The predicted molar refractivity (Wildman–Crippen MR) is 58.6 cm³/mol.